The van der Waals surface area contributed by atoms with Crippen molar-refractivity contribution in [2.24, 2.45) is 0 Å². The van der Waals surface area contributed by atoms with Crippen LogP contribution >= 0.6 is 12.2 Å². The molecule has 1 aliphatic carbocycles. The predicted octanol–water partition coefficient (Wildman–Crippen LogP) is 3.52. The number of anilines is 2. The van der Waals surface area contributed by atoms with Gasteiger partial charge in [-0.15, -0.1) is 0 Å². The Kier molecular flexibility index (Phi) is 4.41. The maximum absolute atomic E-state index is 5.38. The highest BCUT2D eigenvalue weighted by molar-refractivity contribution is 7.80. The third-order valence-electron chi connectivity index (χ3n) is 4.29. The van der Waals surface area contributed by atoms with Gasteiger partial charge in [0.1, 0.15) is 0 Å². The second-order valence-corrected chi connectivity index (χ2v) is 6.23. The molecule has 3 rings (SSSR count). The summed E-state index contributed by atoms with van der Waals surface area (Å²) in [6, 6.07) is 9.18. The quantitative estimate of drug-likeness (QED) is 0.833. The van der Waals surface area contributed by atoms with Crippen molar-refractivity contribution in [2.45, 2.75) is 44.6 Å². The van der Waals surface area contributed by atoms with Crippen LogP contribution in [0.3, 0.4) is 0 Å². The van der Waals surface area contributed by atoms with Crippen LogP contribution in [-0.4, -0.2) is 24.2 Å². The van der Waals surface area contributed by atoms with E-state index in [9.17, 15) is 0 Å². The second-order valence-electron chi connectivity index (χ2n) is 5.82. The molecule has 0 radical (unpaired) electrons. The van der Waals surface area contributed by atoms with E-state index in [2.05, 4.69) is 39.8 Å². The smallest absolute Gasteiger partial charge is 0.170 e. The number of nitrogens with one attached hydrogen (secondary N) is 2. The SMILES string of the molecule is S=C(Nc1ccc(N2CCCC2)cc1)NC1CCCC1. The van der Waals surface area contributed by atoms with E-state index in [1.807, 2.05) is 0 Å². The standard InChI is InChI=1S/C16H23N3S/c20-16(17-13-5-1-2-6-13)18-14-7-9-15(10-8-14)19-11-3-4-12-19/h7-10,13H,1-6,11-12H2,(H2,17,18,20). The fourth-order valence-corrected chi connectivity index (χ4v) is 3.44. The van der Waals surface area contributed by atoms with Gasteiger partial charge in [0.2, 0.25) is 0 Å². The third kappa shape index (κ3) is 3.42. The summed E-state index contributed by atoms with van der Waals surface area (Å²) in [5, 5.41) is 7.45. The van der Waals surface area contributed by atoms with Gasteiger partial charge in [-0.2, -0.15) is 0 Å². The van der Waals surface area contributed by atoms with E-state index in [4.69, 9.17) is 12.2 Å². The highest BCUT2D eigenvalue weighted by Gasteiger charge is 2.15. The third-order valence-corrected chi connectivity index (χ3v) is 4.51. The summed E-state index contributed by atoms with van der Waals surface area (Å²) in [5.74, 6) is 0. The zero-order valence-electron chi connectivity index (χ0n) is 11.9. The molecule has 0 atom stereocenters. The molecule has 2 aliphatic rings. The monoisotopic (exact) mass is 289 g/mol. The maximum atomic E-state index is 5.38. The summed E-state index contributed by atoms with van der Waals surface area (Å²) in [4.78, 5) is 2.44. The van der Waals surface area contributed by atoms with E-state index in [-0.39, 0.29) is 0 Å². The van der Waals surface area contributed by atoms with Gasteiger partial charge in [0.15, 0.2) is 5.11 Å². The van der Waals surface area contributed by atoms with Crippen LogP contribution in [0.5, 0.6) is 0 Å². The van der Waals surface area contributed by atoms with Crippen LogP contribution < -0.4 is 15.5 Å². The lowest BCUT2D eigenvalue weighted by Gasteiger charge is -2.19. The Labute approximate surface area is 126 Å². The zero-order chi connectivity index (χ0) is 13.8. The molecular weight excluding hydrogens is 266 g/mol. The van der Waals surface area contributed by atoms with Gasteiger partial charge in [0.25, 0.3) is 0 Å². The van der Waals surface area contributed by atoms with Gasteiger partial charge in [-0.3, -0.25) is 0 Å². The summed E-state index contributed by atoms with van der Waals surface area (Å²) in [6.45, 7) is 2.38. The van der Waals surface area contributed by atoms with Crippen molar-refractivity contribution in [3.63, 3.8) is 0 Å². The number of hydrogen-bond acceptors (Lipinski definition) is 2. The fraction of sp³-hybridized carbons (Fsp3) is 0.562. The lowest BCUT2D eigenvalue weighted by Crippen LogP contribution is -2.35. The van der Waals surface area contributed by atoms with Crippen LogP contribution in [0.25, 0.3) is 0 Å². The minimum absolute atomic E-state index is 0.568. The number of benzene rings is 1. The summed E-state index contributed by atoms with van der Waals surface area (Å²) in [5.41, 5.74) is 2.39. The topological polar surface area (TPSA) is 27.3 Å². The van der Waals surface area contributed by atoms with E-state index in [0.717, 1.165) is 10.8 Å². The average molecular weight is 289 g/mol. The van der Waals surface area contributed by atoms with Crippen LogP contribution in [-0.2, 0) is 0 Å². The first kappa shape index (κ1) is 13.7. The lowest BCUT2D eigenvalue weighted by molar-refractivity contribution is 0.634. The number of nitrogens with zero attached hydrogens (tertiary/aromatic N) is 1. The summed E-state index contributed by atoms with van der Waals surface area (Å²) >= 11 is 5.38. The van der Waals surface area contributed by atoms with Gasteiger partial charge < -0.3 is 15.5 Å². The molecule has 1 heterocycles. The largest absolute Gasteiger partial charge is 0.372 e. The van der Waals surface area contributed by atoms with E-state index < -0.39 is 0 Å². The molecule has 4 heteroatoms. The Morgan fingerprint density at radius 2 is 1.65 bits per heavy atom. The fourth-order valence-electron chi connectivity index (χ4n) is 3.15. The lowest BCUT2D eigenvalue weighted by atomic mass is 10.2. The molecule has 1 aromatic carbocycles. The van der Waals surface area contributed by atoms with Gasteiger partial charge in [-0.25, -0.2) is 0 Å². The number of hydrogen-bond donors (Lipinski definition) is 2. The maximum Gasteiger partial charge on any atom is 0.170 e. The first-order valence-electron chi connectivity index (χ1n) is 7.74. The zero-order valence-corrected chi connectivity index (χ0v) is 12.7. The number of rotatable bonds is 3. The first-order chi connectivity index (χ1) is 9.81. The van der Waals surface area contributed by atoms with Crippen LogP contribution in [0.4, 0.5) is 11.4 Å². The minimum Gasteiger partial charge on any atom is -0.372 e. The Morgan fingerprint density at radius 3 is 2.30 bits per heavy atom. The molecule has 0 spiro atoms. The molecule has 1 aliphatic heterocycles. The molecule has 0 aromatic heterocycles. The molecule has 1 aromatic rings. The molecular formula is C16H23N3S. The van der Waals surface area contributed by atoms with Crippen molar-refractivity contribution in [3.05, 3.63) is 24.3 Å². The van der Waals surface area contributed by atoms with E-state index >= 15 is 0 Å². The van der Waals surface area contributed by atoms with Crippen molar-refractivity contribution in [2.75, 3.05) is 23.3 Å². The van der Waals surface area contributed by atoms with E-state index in [0.29, 0.717) is 6.04 Å². The highest BCUT2D eigenvalue weighted by atomic mass is 32.1. The van der Waals surface area contributed by atoms with Crippen molar-refractivity contribution in [1.82, 2.24) is 5.32 Å². The Bertz CT molecular complexity index is 445. The molecule has 108 valence electrons. The van der Waals surface area contributed by atoms with Crippen molar-refractivity contribution in [1.29, 1.82) is 0 Å². The van der Waals surface area contributed by atoms with Gasteiger partial charge in [0, 0.05) is 30.5 Å². The summed E-state index contributed by atoms with van der Waals surface area (Å²) in [7, 11) is 0. The highest BCUT2D eigenvalue weighted by Crippen LogP contribution is 2.22. The van der Waals surface area contributed by atoms with Crippen molar-refractivity contribution < 1.29 is 0 Å². The van der Waals surface area contributed by atoms with Gasteiger partial charge in [-0.1, -0.05) is 12.8 Å². The van der Waals surface area contributed by atoms with Gasteiger partial charge in [-0.05, 0) is 62.2 Å². The molecule has 0 unspecified atom stereocenters. The van der Waals surface area contributed by atoms with Gasteiger partial charge >= 0.3 is 0 Å². The van der Waals surface area contributed by atoms with Crippen molar-refractivity contribution >= 4 is 28.7 Å². The molecule has 3 nitrogen and oxygen atoms in total. The average Bonchev–Trinajstić information content (AvgIpc) is 3.12. The molecule has 20 heavy (non-hydrogen) atoms. The van der Waals surface area contributed by atoms with Crippen LogP contribution in [0.1, 0.15) is 38.5 Å². The molecule has 0 bridgehead atoms. The molecule has 1 saturated heterocycles. The second kappa shape index (κ2) is 6.44. The van der Waals surface area contributed by atoms with Crippen LogP contribution in [0, 0.1) is 0 Å². The Morgan fingerprint density at radius 1 is 1.00 bits per heavy atom. The molecule has 1 saturated carbocycles. The summed E-state index contributed by atoms with van der Waals surface area (Å²) < 4.78 is 0. The Balaban J connectivity index is 1.53. The molecule has 2 N–H and O–H groups in total. The first-order valence-corrected chi connectivity index (χ1v) is 8.14. The van der Waals surface area contributed by atoms with E-state index in [1.54, 1.807) is 0 Å². The number of thiocarbonyl (C=S) groups is 1. The van der Waals surface area contributed by atoms with Crippen molar-refractivity contribution in [3.8, 4) is 0 Å². The van der Waals surface area contributed by atoms with Crippen LogP contribution in [0.2, 0.25) is 0 Å². The molecule has 2 fully saturated rings. The Hall–Kier alpha value is -1.29. The van der Waals surface area contributed by atoms with E-state index in [1.165, 1.54) is 57.3 Å². The predicted molar refractivity (Wildman–Crippen MR) is 89.5 cm³/mol. The molecule has 0 amide bonds. The van der Waals surface area contributed by atoms with Gasteiger partial charge in [0.05, 0.1) is 0 Å². The normalized spacial score (nSPS) is 19.3. The summed E-state index contributed by atoms with van der Waals surface area (Å²) in [6.07, 6.45) is 7.77. The van der Waals surface area contributed by atoms with Crippen LogP contribution in [0.15, 0.2) is 24.3 Å². The minimum atomic E-state index is 0.568.